The summed E-state index contributed by atoms with van der Waals surface area (Å²) in [6.45, 7) is 4.54. The number of aryl methyl sites for hydroxylation is 1. The molecule has 0 saturated carbocycles. The van der Waals surface area contributed by atoms with Crippen molar-refractivity contribution in [3.63, 3.8) is 0 Å². The molecule has 0 radical (unpaired) electrons. The first-order valence-corrected chi connectivity index (χ1v) is 7.07. The average molecular weight is 280 g/mol. The molecule has 6 nitrogen and oxygen atoms in total. The second kappa shape index (κ2) is 6.37. The summed E-state index contributed by atoms with van der Waals surface area (Å²) in [5.41, 5.74) is 1.03. The highest BCUT2D eigenvalue weighted by molar-refractivity contribution is 5.78. The van der Waals surface area contributed by atoms with Gasteiger partial charge in [-0.3, -0.25) is 14.4 Å². The second-order valence-corrected chi connectivity index (χ2v) is 5.80. The molecule has 112 valence electrons. The van der Waals surface area contributed by atoms with Gasteiger partial charge in [0.25, 0.3) is 0 Å². The van der Waals surface area contributed by atoms with Crippen molar-refractivity contribution in [3.8, 4) is 0 Å². The first-order valence-electron chi connectivity index (χ1n) is 7.07. The van der Waals surface area contributed by atoms with Gasteiger partial charge < -0.3 is 10.0 Å². The molecular weight excluding hydrogens is 256 g/mol. The number of carbonyl (C=O) groups excluding carboxylic acids is 1. The number of likely N-dealkylation sites (N-methyl/N-ethyl adjacent to an activating group) is 1. The van der Waals surface area contributed by atoms with Crippen molar-refractivity contribution < 1.29 is 9.90 Å². The van der Waals surface area contributed by atoms with E-state index in [0.717, 1.165) is 25.1 Å². The number of likely N-dealkylation sites (tertiary alicyclic amines) is 1. The van der Waals surface area contributed by atoms with E-state index in [1.807, 2.05) is 27.2 Å². The fourth-order valence-corrected chi connectivity index (χ4v) is 2.63. The van der Waals surface area contributed by atoms with Crippen LogP contribution in [0.4, 0.5) is 0 Å². The molecule has 20 heavy (non-hydrogen) atoms. The van der Waals surface area contributed by atoms with Crippen LogP contribution in [0.2, 0.25) is 0 Å². The average Bonchev–Trinajstić information content (AvgIpc) is 2.98. The number of aromatic nitrogens is 2. The van der Waals surface area contributed by atoms with Gasteiger partial charge in [0.2, 0.25) is 5.91 Å². The minimum atomic E-state index is -0.289. The van der Waals surface area contributed by atoms with Crippen LogP contribution in [0, 0.1) is 5.92 Å². The first-order chi connectivity index (χ1) is 9.45. The Morgan fingerprint density at radius 2 is 2.40 bits per heavy atom. The zero-order valence-corrected chi connectivity index (χ0v) is 12.5. The van der Waals surface area contributed by atoms with E-state index in [2.05, 4.69) is 10.00 Å². The molecular formula is C14H24N4O2. The summed E-state index contributed by atoms with van der Waals surface area (Å²) in [5, 5.41) is 13.7. The number of hydrogen-bond donors (Lipinski definition) is 1. The van der Waals surface area contributed by atoms with Gasteiger partial charge in [-0.1, -0.05) is 0 Å². The van der Waals surface area contributed by atoms with E-state index in [0.29, 0.717) is 19.0 Å². The maximum Gasteiger partial charge on any atom is 0.236 e. The first kappa shape index (κ1) is 15.0. The standard InChI is InChI=1S/C14H24N4O2/c1-11(19)13-4-5-18(9-13)10-14(20)16(2)7-12-6-15-17(3)8-12/h6,8,11,13,19H,4-5,7,9-10H2,1-3H3. The van der Waals surface area contributed by atoms with Crippen LogP contribution in [0.5, 0.6) is 0 Å². The lowest BCUT2D eigenvalue weighted by Gasteiger charge is -2.21. The Morgan fingerprint density at radius 1 is 1.65 bits per heavy atom. The molecule has 1 aromatic heterocycles. The number of hydrogen-bond acceptors (Lipinski definition) is 4. The fraction of sp³-hybridized carbons (Fsp3) is 0.714. The van der Waals surface area contributed by atoms with Crippen LogP contribution in [0.25, 0.3) is 0 Å². The largest absolute Gasteiger partial charge is 0.393 e. The summed E-state index contributed by atoms with van der Waals surface area (Å²) in [7, 11) is 3.68. The Bertz CT molecular complexity index is 458. The molecule has 2 heterocycles. The molecule has 0 spiro atoms. The van der Waals surface area contributed by atoms with Crippen LogP contribution in [0.15, 0.2) is 12.4 Å². The molecule has 6 heteroatoms. The highest BCUT2D eigenvalue weighted by atomic mass is 16.3. The SMILES string of the molecule is CC(O)C1CCN(CC(=O)N(C)Cc2cnn(C)c2)C1. The molecule has 0 aliphatic carbocycles. The molecule has 1 aliphatic heterocycles. The maximum absolute atomic E-state index is 12.2. The number of rotatable bonds is 5. The molecule has 1 amide bonds. The Kier molecular flexibility index (Phi) is 4.77. The van der Waals surface area contributed by atoms with Crippen LogP contribution in [0.1, 0.15) is 18.9 Å². The summed E-state index contributed by atoms with van der Waals surface area (Å²) in [5.74, 6) is 0.409. The van der Waals surface area contributed by atoms with Crippen molar-refractivity contribution >= 4 is 5.91 Å². The van der Waals surface area contributed by atoms with Crippen molar-refractivity contribution in [2.24, 2.45) is 13.0 Å². The lowest BCUT2D eigenvalue weighted by Crippen LogP contribution is -2.37. The topological polar surface area (TPSA) is 61.6 Å². The Hall–Kier alpha value is -1.40. The van der Waals surface area contributed by atoms with Gasteiger partial charge in [-0.25, -0.2) is 0 Å². The Labute approximate surface area is 120 Å². The van der Waals surface area contributed by atoms with Crippen molar-refractivity contribution in [2.75, 3.05) is 26.7 Å². The van der Waals surface area contributed by atoms with Crippen LogP contribution in [-0.4, -0.2) is 63.4 Å². The third-order valence-corrected chi connectivity index (χ3v) is 3.95. The number of amides is 1. The molecule has 2 rings (SSSR count). The van der Waals surface area contributed by atoms with Gasteiger partial charge in [0.1, 0.15) is 0 Å². The maximum atomic E-state index is 12.2. The zero-order valence-electron chi connectivity index (χ0n) is 12.5. The fourth-order valence-electron chi connectivity index (χ4n) is 2.63. The van der Waals surface area contributed by atoms with Gasteiger partial charge in [0, 0.05) is 38.9 Å². The van der Waals surface area contributed by atoms with E-state index in [9.17, 15) is 9.90 Å². The van der Waals surface area contributed by atoms with E-state index in [1.165, 1.54) is 0 Å². The molecule has 0 bridgehead atoms. The summed E-state index contributed by atoms with van der Waals surface area (Å²) in [6, 6.07) is 0. The molecule has 1 saturated heterocycles. The minimum absolute atomic E-state index is 0.111. The van der Waals surface area contributed by atoms with Crippen LogP contribution in [0.3, 0.4) is 0 Å². The van der Waals surface area contributed by atoms with Gasteiger partial charge in [-0.2, -0.15) is 5.10 Å². The van der Waals surface area contributed by atoms with Crippen LogP contribution in [-0.2, 0) is 18.4 Å². The highest BCUT2D eigenvalue weighted by Crippen LogP contribution is 2.19. The smallest absolute Gasteiger partial charge is 0.236 e. The molecule has 1 aromatic rings. The Balaban J connectivity index is 1.80. The lowest BCUT2D eigenvalue weighted by atomic mass is 10.0. The van der Waals surface area contributed by atoms with Crippen molar-refractivity contribution in [2.45, 2.75) is 26.0 Å². The monoisotopic (exact) mass is 280 g/mol. The van der Waals surface area contributed by atoms with Crippen molar-refractivity contribution in [3.05, 3.63) is 18.0 Å². The number of carbonyl (C=O) groups is 1. The predicted molar refractivity (Wildman–Crippen MR) is 75.9 cm³/mol. The second-order valence-electron chi connectivity index (χ2n) is 5.80. The summed E-state index contributed by atoms with van der Waals surface area (Å²) in [4.78, 5) is 16.0. The van der Waals surface area contributed by atoms with Gasteiger partial charge >= 0.3 is 0 Å². The molecule has 1 N–H and O–H groups in total. The van der Waals surface area contributed by atoms with Crippen molar-refractivity contribution in [1.29, 1.82) is 0 Å². The van der Waals surface area contributed by atoms with Gasteiger partial charge in [-0.05, 0) is 25.8 Å². The number of nitrogens with zero attached hydrogens (tertiary/aromatic N) is 4. The molecule has 1 aliphatic rings. The third-order valence-electron chi connectivity index (χ3n) is 3.95. The number of aliphatic hydroxyl groups excluding tert-OH is 1. The molecule has 2 unspecified atom stereocenters. The quantitative estimate of drug-likeness (QED) is 0.830. The molecule has 1 fully saturated rings. The summed E-state index contributed by atoms with van der Waals surface area (Å²) < 4.78 is 1.74. The Morgan fingerprint density at radius 3 is 2.95 bits per heavy atom. The van der Waals surface area contributed by atoms with Crippen LogP contribution >= 0.6 is 0 Å². The predicted octanol–water partition coefficient (Wildman–Crippen LogP) is 0.0812. The number of aliphatic hydroxyl groups is 1. The van der Waals surface area contributed by atoms with E-state index >= 15 is 0 Å². The van der Waals surface area contributed by atoms with Crippen molar-refractivity contribution in [1.82, 2.24) is 19.6 Å². The normalized spacial score (nSPS) is 21.1. The van der Waals surface area contributed by atoms with E-state index in [4.69, 9.17) is 0 Å². The molecule has 0 aromatic carbocycles. The van der Waals surface area contributed by atoms with Gasteiger partial charge in [0.05, 0.1) is 18.8 Å². The summed E-state index contributed by atoms with van der Waals surface area (Å²) >= 11 is 0. The third kappa shape index (κ3) is 3.80. The van der Waals surface area contributed by atoms with Crippen LogP contribution < -0.4 is 0 Å². The van der Waals surface area contributed by atoms with Gasteiger partial charge in [-0.15, -0.1) is 0 Å². The highest BCUT2D eigenvalue weighted by Gasteiger charge is 2.27. The van der Waals surface area contributed by atoms with E-state index in [-0.39, 0.29) is 12.0 Å². The van der Waals surface area contributed by atoms with E-state index in [1.54, 1.807) is 15.8 Å². The van der Waals surface area contributed by atoms with Gasteiger partial charge in [0.15, 0.2) is 0 Å². The molecule has 2 atom stereocenters. The van der Waals surface area contributed by atoms with E-state index < -0.39 is 0 Å². The summed E-state index contributed by atoms with van der Waals surface area (Å²) in [6.07, 6.45) is 4.38. The lowest BCUT2D eigenvalue weighted by molar-refractivity contribution is -0.131. The zero-order chi connectivity index (χ0) is 14.7. The minimum Gasteiger partial charge on any atom is -0.393 e.